The molecular weight excluding hydrogens is 824 g/mol. The van der Waals surface area contributed by atoms with Gasteiger partial charge in [-0.3, -0.25) is 9.59 Å². The van der Waals surface area contributed by atoms with Crippen LogP contribution < -0.4 is 20.3 Å². The molecule has 2 saturated heterocycles. The molecule has 6 aromatic rings. The summed E-state index contributed by atoms with van der Waals surface area (Å²) in [5, 5.41) is 124. The first kappa shape index (κ1) is 42.4. The van der Waals surface area contributed by atoms with Crippen LogP contribution in [0.2, 0.25) is 0 Å². The van der Waals surface area contributed by atoms with Gasteiger partial charge < -0.3 is 89.1 Å². The molecule has 0 spiro atoms. The third-order valence-electron chi connectivity index (χ3n) is 10.6. The number of fused-ring (bicyclic) bond motifs is 2. The van der Waals surface area contributed by atoms with Gasteiger partial charge in [0, 0.05) is 47.0 Å². The van der Waals surface area contributed by atoms with Gasteiger partial charge in [-0.25, -0.2) is 0 Å². The summed E-state index contributed by atoms with van der Waals surface area (Å²) in [6.45, 7) is -1.47. The van der Waals surface area contributed by atoms with Gasteiger partial charge >= 0.3 is 0 Å². The molecule has 10 atom stereocenters. The molecule has 2 aromatic heterocycles. The van der Waals surface area contributed by atoms with Gasteiger partial charge in [-0.05, 0) is 42.5 Å². The van der Waals surface area contributed by atoms with Gasteiger partial charge in [-0.1, -0.05) is 0 Å². The predicted octanol–water partition coefficient (Wildman–Crippen LogP) is 0.0802. The lowest BCUT2D eigenvalue weighted by Gasteiger charge is -2.39. The average molecular weight is 863 g/mol. The number of benzene rings is 4. The number of hydrogen-bond donors (Lipinski definition) is 12. The summed E-state index contributed by atoms with van der Waals surface area (Å²) in [4.78, 5) is 27.0. The summed E-state index contributed by atoms with van der Waals surface area (Å²) in [5.41, 5.74) is -2.27. The molecule has 4 aromatic carbocycles. The summed E-state index contributed by atoms with van der Waals surface area (Å²) in [7, 11) is 0. The Balaban J connectivity index is 1.25. The van der Waals surface area contributed by atoms with Crippen LogP contribution in [0, 0.1) is 0 Å². The molecule has 62 heavy (non-hydrogen) atoms. The van der Waals surface area contributed by atoms with Crippen LogP contribution in [0.3, 0.4) is 0 Å². The first-order valence-corrected chi connectivity index (χ1v) is 18.8. The van der Waals surface area contributed by atoms with Crippen molar-refractivity contribution in [3.63, 3.8) is 0 Å². The number of aliphatic hydroxyl groups is 8. The lowest BCUT2D eigenvalue weighted by atomic mass is 9.96. The molecular formula is C42H38O20. The van der Waals surface area contributed by atoms with E-state index in [4.69, 9.17) is 27.8 Å². The van der Waals surface area contributed by atoms with Gasteiger partial charge in [0.1, 0.15) is 111 Å². The van der Waals surface area contributed by atoms with E-state index < -0.39 is 119 Å². The summed E-state index contributed by atoms with van der Waals surface area (Å²) < 4.78 is 34.8. The van der Waals surface area contributed by atoms with Crippen LogP contribution in [0.5, 0.6) is 34.5 Å². The van der Waals surface area contributed by atoms with Crippen molar-refractivity contribution in [2.24, 2.45) is 0 Å². The van der Waals surface area contributed by atoms with Crippen LogP contribution in [0.25, 0.3) is 55.7 Å². The highest BCUT2D eigenvalue weighted by Gasteiger charge is 2.46. The number of rotatable bonds is 9. The molecule has 20 heteroatoms. The SMILES string of the molecule is O=c1cc(-c2ccc(O[C@@H]3O[C@H](CO)[C@@H](O)[C@H](O)[C@H]3O)c(-c3c(O)cc(O)c4c(=O)cc(-c5ccc(O[C@@H]6O[C@H](CO)[C@@H](O)[C@H](O)[C@H]6O)cc5)oc34)c2)oc2cc(O)cc(O)c12. The van der Waals surface area contributed by atoms with Crippen molar-refractivity contribution >= 4 is 21.9 Å². The summed E-state index contributed by atoms with van der Waals surface area (Å²) in [5.74, 6) is -2.78. The molecule has 0 saturated carbocycles. The van der Waals surface area contributed by atoms with Crippen molar-refractivity contribution < 1.29 is 89.1 Å². The Morgan fingerprint density at radius 3 is 1.69 bits per heavy atom. The normalized spacial score (nSPS) is 26.5. The lowest BCUT2D eigenvalue weighted by molar-refractivity contribution is -0.277. The molecule has 0 bridgehead atoms. The highest BCUT2D eigenvalue weighted by Crippen LogP contribution is 2.47. The van der Waals surface area contributed by atoms with E-state index in [1.54, 1.807) is 0 Å². The molecule has 4 heterocycles. The number of aliphatic hydroxyl groups excluding tert-OH is 8. The van der Waals surface area contributed by atoms with Crippen molar-refractivity contribution in [1.29, 1.82) is 0 Å². The topological polar surface area (TPSA) is 340 Å². The quantitative estimate of drug-likeness (QED) is 0.0915. The van der Waals surface area contributed by atoms with Gasteiger partial charge in [-0.15, -0.1) is 0 Å². The van der Waals surface area contributed by atoms with Crippen LogP contribution in [0.4, 0.5) is 0 Å². The van der Waals surface area contributed by atoms with Gasteiger partial charge in [0.15, 0.2) is 16.4 Å². The second kappa shape index (κ2) is 16.5. The van der Waals surface area contributed by atoms with Crippen molar-refractivity contribution in [1.82, 2.24) is 0 Å². The van der Waals surface area contributed by atoms with Crippen molar-refractivity contribution in [2.75, 3.05) is 13.2 Å². The van der Waals surface area contributed by atoms with E-state index in [0.29, 0.717) is 0 Å². The number of ether oxygens (including phenoxy) is 4. The molecule has 0 radical (unpaired) electrons. The first-order valence-electron chi connectivity index (χ1n) is 18.8. The van der Waals surface area contributed by atoms with Gasteiger partial charge in [0.2, 0.25) is 12.6 Å². The zero-order chi connectivity index (χ0) is 44.3. The first-order chi connectivity index (χ1) is 29.6. The Labute approximate surface area is 346 Å². The van der Waals surface area contributed by atoms with E-state index in [2.05, 4.69) is 0 Å². The summed E-state index contributed by atoms with van der Waals surface area (Å²) in [6.07, 6.45) is -16.4. The second-order valence-electron chi connectivity index (χ2n) is 14.6. The molecule has 0 aliphatic carbocycles. The van der Waals surface area contributed by atoms with Crippen LogP contribution >= 0.6 is 0 Å². The van der Waals surface area contributed by atoms with E-state index in [1.807, 2.05) is 0 Å². The molecule has 2 aliphatic heterocycles. The molecule has 0 amide bonds. The largest absolute Gasteiger partial charge is 0.508 e. The fourth-order valence-corrected chi connectivity index (χ4v) is 7.37. The molecule has 2 aliphatic rings. The molecule has 12 N–H and O–H groups in total. The minimum atomic E-state index is -1.90. The highest BCUT2D eigenvalue weighted by molar-refractivity contribution is 6.01. The van der Waals surface area contributed by atoms with E-state index >= 15 is 0 Å². The van der Waals surface area contributed by atoms with Crippen LogP contribution in [-0.4, -0.2) is 136 Å². The van der Waals surface area contributed by atoms with Crippen LogP contribution in [0.15, 0.2) is 91.2 Å². The number of aromatic hydroxyl groups is 4. The van der Waals surface area contributed by atoms with E-state index in [0.717, 1.165) is 30.3 Å². The third-order valence-corrected chi connectivity index (χ3v) is 10.6. The van der Waals surface area contributed by atoms with Gasteiger partial charge in [0.05, 0.1) is 18.8 Å². The standard InChI is InChI=1S/C42H38O20/c43-13-29-34(51)36(53)38(55)41(61-29)57-18-4-1-15(2-5-18)26-12-24(50)33-22(48)10-21(47)31(40(33)59-26)19-7-16(27-11-23(49)32-20(46)8-17(45)9-28(32)58-27)3-6-25(19)60-42-39(56)37(54)35(52)30(14-44)62-42/h1-12,29-30,34-39,41-48,51-56H,13-14H2/t29-,30-,34-,35-,36+,37+,38-,39-,41-,42-/m1/s1. The molecule has 20 nitrogen and oxygen atoms in total. The maximum Gasteiger partial charge on any atom is 0.229 e. The Hall–Kier alpha value is -6.30. The van der Waals surface area contributed by atoms with Crippen LogP contribution in [0.1, 0.15) is 0 Å². The smallest absolute Gasteiger partial charge is 0.229 e. The van der Waals surface area contributed by atoms with Gasteiger partial charge in [-0.2, -0.15) is 0 Å². The van der Waals surface area contributed by atoms with Crippen LogP contribution in [-0.2, 0) is 9.47 Å². The van der Waals surface area contributed by atoms with Crippen molar-refractivity contribution in [3.05, 3.63) is 93.2 Å². The van der Waals surface area contributed by atoms with E-state index in [-0.39, 0.29) is 56.2 Å². The predicted molar refractivity (Wildman–Crippen MR) is 210 cm³/mol. The molecule has 326 valence electrons. The molecule has 8 rings (SSSR count). The Kier molecular flexibility index (Phi) is 11.3. The number of phenolic OH excluding ortho intramolecular Hbond substituents is 4. The second-order valence-corrected chi connectivity index (χ2v) is 14.6. The molecule has 0 unspecified atom stereocenters. The molecule has 2 fully saturated rings. The Morgan fingerprint density at radius 2 is 1.08 bits per heavy atom. The van der Waals surface area contributed by atoms with Gasteiger partial charge in [0.25, 0.3) is 0 Å². The fourth-order valence-electron chi connectivity index (χ4n) is 7.37. The monoisotopic (exact) mass is 862 g/mol. The van der Waals surface area contributed by atoms with E-state index in [9.17, 15) is 70.9 Å². The van der Waals surface area contributed by atoms with Crippen molar-refractivity contribution in [3.8, 4) is 68.3 Å². The Morgan fingerprint density at radius 1 is 0.532 bits per heavy atom. The maximum absolute atomic E-state index is 13.8. The number of phenols is 4. The third kappa shape index (κ3) is 7.53. The zero-order valence-corrected chi connectivity index (χ0v) is 31.7. The minimum Gasteiger partial charge on any atom is -0.508 e. The summed E-state index contributed by atoms with van der Waals surface area (Å²) in [6, 6.07) is 14.5. The Bertz CT molecular complexity index is 2760. The average Bonchev–Trinajstić information content (AvgIpc) is 3.23. The highest BCUT2D eigenvalue weighted by atomic mass is 16.7. The lowest BCUT2D eigenvalue weighted by Crippen LogP contribution is -2.60. The fraction of sp³-hybridized carbons (Fsp3) is 0.286. The maximum atomic E-state index is 13.8. The summed E-state index contributed by atoms with van der Waals surface area (Å²) >= 11 is 0. The van der Waals surface area contributed by atoms with E-state index in [1.165, 1.54) is 42.5 Å². The number of hydrogen-bond acceptors (Lipinski definition) is 20. The van der Waals surface area contributed by atoms with Crippen molar-refractivity contribution in [2.45, 2.75) is 61.4 Å². The zero-order valence-electron chi connectivity index (χ0n) is 31.7. The minimum absolute atomic E-state index is 0.0785.